The Bertz CT molecular complexity index is 306. The predicted molar refractivity (Wildman–Crippen MR) is 47.2 cm³/mol. The van der Waals surface area contributed by atoms with Gasteiger partial charge in [-0.3, -0.25) is 0 Å². The molecule has 0 bridgehead atoms. The number of thiophene rings is 1. The van der Waals surface area contributed by atoms with Crippen molar-refractivity contribution in [1.29, 1.82) is 0 Å². The van der Waals surface area contributed by atoms with Crippen molar-refractivity contribution in [3.05, 3.63) is 27.2 Å². The summed E-state index contributed by atoms with van der Waals surface area (Å²) in [4.78, 5) is 4.96. The second-order valence-corrected chi connectivity index (χ2v) is 3.81. The van der Waals surface area contributed by atoms with Gasteiger partial charge in [-0.05, 0) is 35.1 Å². The Balaban J connectivity index is 2.48. The maximum atomic E-state index is 6.93. The molecule has 0 saturated carbocycles. The fourth-order valence-electron chi connectivity index (χ4n) is 1.57. The van der Waals surface area contributed by atoms with E-state index in [2.05, 4.69) is 4.85 Å². The number of fused-ring (bicyclic) bond motifs is 1. The highest BCUT2D eigenvalue weighted by Crippen LogP contribution is 2.35. The molecule has 56 valence electrons. The zero-order chi connectivity index (χ0) is 7.68. The monoisotopic (exact) mass is 163 g/mol. The van der Waals surface area contributed by atoms with Crippen molar-refractivity contribution in [1.82, 2.24) is 0 Å². The molecular weight excluding hydrogens is 154 g/mol. The average molecular weight is 163 g/mol. The van der Waals surface area contributed by atoms with Gasteiger partial charge in [-0.25, -0.2) is 4.85 Å². The van der Waals surface area contributed by atoms with E-state index in [1.165, 1.54) is 29.7 Å². The molecule has 2 heteroatoms. The van der Waals surface area contributed by atoms with Crippen LogP contribution in [0.2, 0.25) is 0 Å². The fourth-order valence-corrected chi connectivity index (χ4v) is 2.63. The van der Waals surface area contributed by atoms with Gasteiger partial charge < -0.3 is 0 Å². The molecule has 1 aromatic rings. The van der Waals surface area contributed by atoms with Crippen LogP contribution in [0.3, 0.4) is 0 Å². The minimum atomic E-state index is 0.907. The summed E-state index contributed by atoms with van der Waals surface area (Å²) in [7, 11) is 0. The highest BCUT2D eigenvalue weighted by atomic mass is 32.1. The molecular formula is C9H9NS. The Morgan fingerprint density at radius 3 is 3.00 bits per heavy atom. The maximum Gasteiger partial charge on any atom is 0.201 e. The molecule has 1 aliphatic carbocycles. The summed E-state index contributed by atoms with van der Waals surface area (Å²) in [6.07, 6.45) is 4.92. The third kappa shape index (κ3) is 1.06. The lowest BCUT2D eigenvalue weighted by Crippen LogP contribution is -1.97. The minimum absolute atomic E-state index is 0.907. The largest absolute Gasteiger partial charge is 0.237 e. The van der Waals surface area contributed by atoms with Crippen molar-refractivity contribution in [2.45, 2.75) is 25.7 Å². The van der Waals surface area contributed by atoms with Crippen molar-refractivity contribution in [3.63, 3.8) is 0 Å². The van der Waals surface area contributed by atoms with Crippen LogP contribution in [0.4, 0.5) is 5.69 Å². The minimum Gasteiger partial charge on any atom is -0.237 e. The summed E-state index contributed by atoms with van der Waals surface area (Å²) in [5.74, 6) is 0. The standard InChI is InChI=1S/C9H9NS/c1-10-8-6-11-9-5-3-2-4-7(8)9/h6H,2-5H2. The molecule has 0 saturated heterocycles. The van der Waals surface area contributed by atoms with Crippen molar-refractivity contribution in [2.24, 2.45) is 0 Å². The normalized spacial score (nSPS) is 15.5. The second kappa shape index (κ2) is 2.67. The first-order chi connectivity index (χ1) is 5.42. The van der Waals surface area contributed by atoms with E-state index in [0.29, 0.717) is 0 Å². The van der Waals surface area contributed by atoms with Gasteiger partial charge in [0.15, 0.2) is 0 Å². The highest BCUT2D eigenvalue weighted by molar-refractivity contribution is 7.10. The fraction of sp³-hybridized carbons (Fsp3) is 0.444. The molecule has 1 aliphatic rings. The van der Waals surface area contributed by atoms with Gasteiger partial charge in [-0.1, -0.05) is 6.42 Å². The summed E-state index contributed by atoms with van der Waals surface area (Å²) < 4.78 is 0. The topological polar surface area (TPSA) is 4.36 Å². The predicted octanol–water partition coefficient (Wildman–Crippen LogP) is 3.18. The molecule has 0 aliphatic heterocycles. The van der Waals surface area contributed by atoms with E-state index in [-0.39, 0.29) is 0 Å². The SMILES string of the molecule is [C-]#[N+]c1csc2c1CCCC2. The van der Waals surface area contributed by atoms with E-state index in [9.17, 15) is 0 Å². The molecule has 1 nitrogen and oxygen atoms in total. The van der Waals surface area contributed by atoms with Gasteiger partial charge >= 0.3 is 0 Å². The van der Waals surface area contributed by atoms with Crippen LogP contribution >= 0.6 is 11.3 Å². The van der Waals surface area contributed by atoms with Gasteiger partial charge in [0.05, 0.1) is 6.57 Å². The lowest BCUT2D eigenvalue weighted by Gasteiger charge is -2.10. The van der Waals surface area contributed by atoms with Crippen LogP contribution in [-0.4, -0.2) is 0 Å². The molecule has 11 heavy (non-hydrogen) atoms. The van der Waals surface area contributed by atoms with Crippen LogP contribution in [0, 0.1) is 6.57 Å². The number of hydrogen-bond acceptors (Lipinski definition) is 1. The van der Waals surface area contributed by atoms with Crippen molar-refractivity contribution in [3.8, 4) is 0 Å². The molecule has 0 fully saturated rings. The third-order valence-electron chi connectivity index (χ3n) is 2.16. The summed E-state index contributed by atoms with van der Waals surface area (Å²) in [6.45, 7) is 6.93. The second-order valence-electron chi connectivity index (χ2n) is 2.84. The van der Waals surface area contributed by atoms with Crippen LogP contribution in [0.25, 0.3) is 4.85 Å². The Morgan fingerprint density at radius 2 is 2.18 bits per heavy atom. The lowest BCUT2D eigenvalue weighted by atomic mass is 9.98. The van der Waals surface area contributed by atoms with E-state index in [4.69, 9.17) is 6.57 Å². The summed E-state index contributed by atoms with van der Waals surface area (Å²) in [6, 6.07) is 0. The Labute approximate surface area is 70.5 Å². The quantitative estimate of drug-likeness (QED) is 0.517. The first kappa shape index (κ1) is 6.87. The number of hydrogen-bond donors (Lipinski definition) is 0. The smallest absolute Gasteiger partial charge is 0.201 e. The average Bonchev–Trinajstić information content (AvgIpc) is 2.47. The van der Waals surface area contributed by atoms with E-state index >= 15 is 0 Å². The Kier molecular flexibility index (Phi) is 1.67. The van der Waals surface area contributed by atoms with Crippen LogP contribution in [0.1, 0.15) is 23.3 Å². The molecule has 2 rings (SSSR count). The first-order valence-electron chi connectivity index (χ1n) is 3.88. The van der Waals surface area contributed by atoms with Gasteiger partial charge in [-0.15, -0.1) is 0 Å². The van der Waals surface area contributed by atoms with Gasteiger partial charge in [0, 0.05) is 0 Å². The van der Waals surface area contributed by atoms with Gasteiger partial charge in [-0.2, -0.15) is 11.3 Å². The van der Waals surface area contributed by atoms with E-state index in [1.807, 2.05) is 5.38 Å². The molecule has 0 atom stereocenters. The molecule has 0 spiro atoms. The van der Waals surface area contributed by atoms with Gasteiger partial charge in [0.1, 0.15) is 0 Å². The Morgan fingerprint density at radius 1 is 1.36 bits per heavy atom. The van der Waals surface area contributed by atoms with Crippen LogP contribution < -0.4 is 0 Å². The van der Waals surface area contributed by atoms with Crippen LogP contribution in [-0.2, 0) is 12.8 Å². The number of nitrogens with zero attached hydrogens (tertiary/aromatic N) is 1. The molecule has 0 N–H and O–H groups in total. The van der Waals surface area contributed by atoms with E-state index in [0.717, 1.165) is 12.1 Å². The first-order valence-corrected chi connectivity index (χ1v) is 4.76. The van der Waals surface area contributed by atoms with Crippen molar-refractivity contribution < 1.29 is 0 Å². The maximum absolute atomic E-state index is 6.93. The van der Waals surface area contributed by atoms with Gasteiger partial charge in [0.2, 0.25) is 5.69 Å². The van der Waals surface area contributed by atoms with Crippen molar-refractivity contribution in [2.75, 3.05) is 0 Å². The zero-order valence-corrected chi connectivity index (χ0v) is 7.08. The third-order valence-corrected chi connectivity index (χ3v) is 3.24. The molecule has 0 unspecified atom stereocenters. The molecule has 1 heterocycles. The highest BCUT2D eigenvalue weighted by Gasteiger charge is 2.14. The molecule has 0 amide bonds. The Hall–Kier alpha value is -0.810. The number of aryl methyl sites for hydroxylation is 1. The summed E-state index contributed by atoms with van der Waals surface area (Å²) >= 11 is 1.76. The van der Waals surface area contributed by atoms with Crippen LogP contribution in [0.5, 0.6) is 0 Å². The number of rotatable bonds is 0. The molecule has 0 aromatic carbocycles. The van der Waals surface area contributed by atoms with Gasteiger partial charge in [0.25, 0.3) is 0 Å². The van der Waals surface area contributed by atoms with Crippen LogP contribution in [0.15, 0.2) is 5.38 Å². The molecule has 0 radical (unpaired) electrons. The zero-order valence-electron chi connectivity index (χ0n) is 6.26. The van der Waals surface area contributed by atoms with Crippen molar-refractivity contribution >= 4 is 17.0 Å². The lowest BCUT2D eigenvalue weighted by molar-refractivity contribution is 0.699. The molecule has 1 aromatic heterocycles. The summed E-state index contributed by atoms with van der Waals surface area (Å²) in [5, 5.41) is 2.00. The van der Waals surface area contributed by atoms with E-state index in [1.54, 1.807) is 11.3 Å². The van der Waals surface area contributed by atoms with E-state index < -0.39 is 0 Å². The summed E-state index contributed by atoms with van der Waals surface area (Å²) in [5.41, 5.74) is 2.25.